The van der Waals surface area contributed by atoms with Gasteiger partial charge in [0.2, 0.25) is 0 Å². The van der Waals surface area contributed by atoms with E-state index in [0.29, 0.717) is 0 Å². The lowest BCUT2D eigenvalue weighted by molar-refractivity contribution is 0.451. The van der Waals surface area contributed by atoms with E-state index in [0.717, 1.165) is 5.92 Å². The fourth-order valence-corrected chi connectivity index (χ4v) is 1.40. The van der Waals surface area contributed by atoms with Crippen molar-refractivity contribution >= 4 is 0 Å². The Morgan fingerprint density at radius 2 is 1.64 bits per heavy atom. The zero-order valence-electron chi connectivity index (χ0n) is 8.40. The van der Waals surface area contributed by atoms with Gasteiger partial charge in [-0.3, -0.25) is 0 Å². The first-order valence-electron chi connectivity index (χ1n) is 5.16. The van der Waals surface area contributed by atoms with E-state index >= 15 is 0 Å². The Morgan fingerprint density at radius 1 is 1.00 bits per heavy atom. The summed E-state index contributed by atoms with van der Waals surface area (Å²) in [7, 11) is 0. The standard InChI is InChI=1S/C11H23/c1-4-7-8-9-10-11(5-2)6-3/h8,11H,4-7,9-10H2,1-3H3. The van der Waals surface area contributed by atoms with E-state index in [-0.39, 0.29) is 0 Å². The van der Waals surface area contributed by atoms with Gasteiger partial charge in [0.1, 0.15) is 0 Å². The topological polar surface area (TPSA) is 0 Å². The summed E-state index contributed by atoms with van der Waals surface area (Å²) in [6.07, 6.45) is 10.5. The number of unbranched alkanes of at least 4 members (excludes halogenated alkanes) is 3. The van der Waals surface area contributed by atoms with Crippen LogP contribution in [0.1, 0.15) is 59.3 Å². The van der Waals surface area contributed by atoms with Crippen molar-refractivity contribution in [3.63, 3.8) is 0 Å². The van der Waals surface area contributed by atoms with E-state index in [1.807, 2.05) is 0 Å². The molecule has 67 valence electrons. The van der Waals surface area contributed by atoms with E-state index in [4.69, 9.17) is 0 Å². The third kappa shape index (κ3) is 6.40. The number of hydrogen-bond donors (Lipinski definition) is 0. The van der Waals surface area contributed by atoms with Crippen LogP contribution in [-0.4, -0.2) is 0 Å². The van der Waals surface area contributed by atoms with Crippen LogP contribution in [-0.2, 0) is 0 Å². The zero-order valence-corrected chi connectivity index (χ0v) is 8.40. The molecule has 0 fully saturated rings. The van der Waals surface area contributed by atoms with Gasteiger partial charge in [-0.15, -0.1) is 0 Å². The van der Waals surface area contributed by atoms with Gasteiger partial charge < -0.3 is 0 Å². The fraction of sp³-hybridized carbons (Fsp3) is 0.909. The van der Waals surface area contributed by atoms with Gasteiger partial charge >= 0.3 is 0 Å². The van der Waals surface area contributed by atoms with Crippen LogP contribution in [0.4, 0.5) is 0 Å². The predicted molar refractivity (Wildman–Crippen MR) is 52.5 cm³/mol. The summed E-state index contributed by atoms with van der Waals surface area (Å²) in [5, 5.41) is 0. The Bertz CT molecular complexity index is 62.4. The van der Waals surface area contributed by atoms with Crippen molar-refractivity contribution in [2.75, 3.05) is 0 Å². The molecule has 0 unspecified atom stereocenters. The summed E-state index contributed by atoms with van der Waals surface area (Å²) in [6, 6.07) is 0. The highest BCUT2D eigenvalue weighted by molar-refractivity contribution is 4.66. The molecule has 0 N–H and O–H groups in total. The van der Waals surface area contributed by atoms with Crippen LogP contribution in [0.5, 0.6) is 0 Å². The first-order valence-corrected chi connectivity index (χ1v) is 5.16. The van der Waals surface area contributed by atoms with E-state index in [1.54, 1.807) is 0 Å². The second-order valence-corrected chi connectivity index (χ2v) is 3.34. The lowest BCUT2D eigenvalue weighted by Gasteiger charge is -2.10. The molecule has 0 heterocycles. The van der Waals surface area contributed by atoms with Crippen molar-refractivity contribution in [2.24, 2.45) is 5.92 Å². The van der Waals surface area contributed by atoms with E-state index in [9.17, 15) is 0 Å². The molecular formula is C11H23. The first-order chi connectivity index (χ1) is 5.35. The Morgan fingerprint density at radius 3 is 2.09 bits per heavy atom. The highest BCUT2D eigenvalue weighted by atomic mass is 14.1. The molecule has 1 radical (unpaired) electrons. The summed E-state index contributed by atoms with van der Waals surface area (Å²) in [5.41, 5.74) is 0. The minimum absolute atomic E-state index is 0.975. The number of hydrogen-bond acceptors (Lipinski definition) is 0. The quantitative estimate of drug-likeness (QED) is 0.483. The average molecular weight is 155 g/mol. The molecule has 0 amide bonds. The van der Waals surface area contributed by atoms with Crippen molar-refractivity contribution in [1.29, 1.82) is 0 Å². The molecule has 0 nitrogen and oxygen atoms in total. The molecule has 0 saturated carbocycles. The van der Waals surface area contributed by atoms with E-state index in [1.165, 1.54) is 38.5 Å². The minimum atomic E-state index is 0.975. The SMILES string of the molecule is CCC[CH]CCC(CC)CC. The molecule has 0 atom stereocenters. The monoisotopic (exact) mass is 155 g/mol. The maximum atomic E-state index is 2.44. The lowest BCUT2D eigenvalue weighted by Crippen LogP contribution is -1.96. The smallest absolute Gasteiger partial charge is 0.0386 e. The highest BCUT2D eigenvalue weighted by Crippen LogP contribution is 2.16. The number of rotatable bonds is 7. The molecule has 0 saturated heterocycles. The summed E-state index contributed by atoms with van der Waals surface area (Å²) in [6.45, 7) is 6.84. The van der Waals surface area contributed by atoms with Crippen LogP contribution in [0.15, 0.2) is 0 Å². The van der Waals surface area contributed by atoms with Gasteiger partial charge in [0.25, 0.3) is 0 Å². The Labute approximate surface area is 72.4 Å². The van der Waals surface area contributed by atoms with Crippen molar-refractivity contribution in [3.05, 3.63) is 6.42 Å². The minimum Gasteiger partial charge on any atom is -0.0654 e. The van der Waals surface area contributed by atoms with E-state index < -0.39 is 0 Å². The molecule has 0 aromatic rings. The summed E-state index contributed by atoms with van der Waals surface area (Å²) in [5.74, 6) is 0.975. The lowest BCUT2D eigenvalue weighted by atomic mass is 9.96. The maximum Gasteiger partial charge on any atom is -0.0386 e. The molecule has 0 aliphatic rings. The average Bonchev–Trinajstić information content (AvgIpc) is 2.05. The largest absolute Gasteiger partial charge is 0.0654 e. The third-order valence-electron chi connectivity index (χ3n) is 2.43. The normalized spacial score (nSPS) is 10.9. The van der Waals surface area contributed by atoms with Crippen LogP contribution in [0, 0.1) is 12.3 Å². The van der Waals surface area contributed by atoms with Crippen molar-refractivity contribution < 1.29 is 0 Å². The van der Waals surface area contributed by atoms with Crippen LogP contribution in [0.3, 0.4) is 0 Å². The van der Waals surface area contributed by atoms with Gasteiger partial charge in [0.15, 0.2) is 0 Å². The molecule has 0 aliphatic carbocycles. The van der Waals surface area contributed by atoms with Gasteiger partial charge in [-0.1, -0.05) is 52.9 Å². The molecule has 0 aliphatic heterocycles. The first kappa shape index (κ1) is 11.0. The molecule has 0 rings (SSSR count). The predicted octanol–water partition coefficient (Wildman–Crippen LogP) is 4.21. The summed E-state index contributed by atoms with van der Waals surface area (Å²) < 4.78 is 0. The second kappa shape index (κ2) is 8.10. The van der Waals surface area contributed by atoms with Crippen molar-refractivity contribution in [1.82, 2.24) is 0 Å². The zero-order chi connectivity index (χ0) is 8.53. The third-order valence-corrected chi connectivity index (χ3v) is 2.43. The van der Waals surface area contributed by atoms with Crippen molar-refractivity contribution in [2.45, 2.75) is 59.3 Å². The van der Waals surface area contributed by atoms with Gasteiger partial charge in [-0.2, -0.15) is 0 Å². The van der Waals surface area contributed by atoms with E-state index in [2.05, 4.69) is 27.2 Å². The van der Waals surface area contributed by atoms with Crippen molar-refractivity contribution in [3.8, 4) is 0 Å². The summed E-state index contributed by atoms with van der Waals surface area (Å²) in [4.78, 5) is 0. The van der Waals surface area contributed by atoms with Crippen LogP contribution >= 0.6 is 0 Å². The van der Waals surface area contributed by atoms with Gasteiger partial charge in [0, 0.05) is 0 Å². The molecule has 0 heteroatoms. The van der Waals surface area contributed by atoms with Gasteiger partial charge in [-0.05, 0) is 18.8 Å². The Hall–Kier alpha value is 0. The van der Waals surface area contributed by atoms with Crippen LogP contribution in [0.25, 0.3) is 0 Å². The highest BCUT2D eigenvalue weighted by Gasteiger charge is 2.01. The van der Waals surface area contributed by atoms with Gasteiger partial charge in [-0.25, -0.2) is 0 Å². The maximum absolute atomic E-state index is 2.44. The second-order valence-electron chi connectivity index (χ2n) is 3.34. The molecule has 0 spiro atoms. The molecule has 0 bridgehead atoms. The van der Waals surface area contributed by atoms with Gasteiger partial charge in [0.05, 0.1) is 0 Å². The molecule has 11 heavy (non-hydrogen) atoms. The Balaban J connectivity index is 3.07. The fourth-order valence-electron chi connectivity index (χ4n) is 1.40. The van der Waals surface area contributed by atoms with Crippen LogP contribution in [0.2, 0.25) is 0 Å². The Kier molecular flexibility index (Phi) is 8.10. The summed E-state index contributed by atoms with van der Waals surface area (Å²) >= 11 is 0. The molecular weight excluding hydrogens is 132 g/mol. The van der Waals surface area contributed by atoms with Crippen LogP contribution < -0.4 is 0 Å². The molecule has 0 aromatic carbocycles. The molecule has 0 aromatic heterocycles.